The molecule has 0 unspecified atom stereocenters. The van der Waals surface area contributed by atoms with Crippen LogP contribution in [0.2, 0.25) is 0 Å². The van der Waals surface area contributed by atoms with Crippen molar-refractivity contribution in [3.8, 4) is 17.1 Å². The first-order chi connectivity index (χ1) is 9.22. The fourth-order valence-electron chi connectivity index (χ4n) is 1.68. The topological polar surface area (TPSA) is 43.6 Å². The van der Waals surface area contributed by atoms with Gasteiger partial charge in [-0.05, 0) is 44.0 Å². The van der Waals surface area contributed by atoms with Crippen LogP contribution in [0.15, 0.2) is 58.0 Å². The van der Waals surface area contributed by atoms with Crippen molar-refractivity contribution in [2.24, 2.45) is 0 Å². The van der Waals surface area contributed by atoms with Gasteiger partial charge in [0.1, 0.15) is 9.21 Å². The third kappa shape index (κ3) is 2.74. The molecule has 2 heterocycles. The molecule has 0 amide bonds. The van der Waals surface area contributed by atoms with Crippen LogP contribution >= 0.6 is 31.9 Å². The van der Waals surface area contributed by atoms with Gasteiger partial charge in [-0.25, -0.2) is 14.6 Å². The quantitative estimate of drug-likeness (QED) is 0.635. The first-order valence-corrected chi connectivity index (χ1v) is 7.11. The summed E-state index contributed by atoms with van der Waals surface area (Å²) in [7, 11) is 0. The second kappa shape index (κ2) is 5.22. The molecule has 0 radical (unpaired) electrons. The molecule has 2 aromatic heterocycles. The highest BCUT2D eigenvalue weighted by Gasteiger charge is 2.08. The van der Waals surface area contributed by atoms with Gasteiger partial charge in [-0.15, -0.1) is 0 Å². The molecular formula is C13H8Br2N4. The molecular weight excluding hydrogens is 372 g/mol. The Labute approximate surface area is 126 Å². The van der Waals surface area contributed by atoms with Crippen LogP contribution in [-0.4, -0.2) is 19.7 Å². The summed E-state index contributed by atoms with van der Waals surface area (Å²) in [6.07, 6.45) is 3.66. The molecule has 1 aromatic carbocycles. The predicted octanol–water partition coefficient (Wildman–Crippen LogP) is 3.85. The standard InChI is InChI=1S/C13H8Br2N4/c14-11-6-12(15)18-13(17-11)9-7-16-19(8-9)10-4-2-1-3-5-10/h1-8H. The maximum atomic E-state index is 4.33. The molecule has 0 aliphatic heterocycles. The summed E-state index contributed by atoms with van der Waals surface area (Å²) < 4.78 is 3.27. The number of hydrogen-bond acceptors (Lipinski definition) is 3. The number of hydrogen-bond donors (Lipinski definition) is 0. The first-order valence-electron chi connectivity index (χ1n) is 5.53. The Bertz CT molecular complexity index is 689. The minimum absolute atomic E-state index is 0.628. The van der Waals surface area contributed by atoms with E-state index < -0.39 is 0 Å². The maximum Gasteiger partial charge on any atom is 0.164 e. The molecule has 0 saturated carbocycles. The molecule has 0 bridgehead atoms. The van der Waals surface area contributed by atoms with Gasteiger partial charge >= 0.3 is 0 Å². The molecule has 19 heavy (non-hydrogen) atoms. The number of benzene rings is 1. The zero-order valence-corrected chi connectivity index (χ0v) is 12.8. The van der Waals surface area contributed by atoms with Crippen LogP contribution in [0.1, 0.15) is 0 Å². The summed E-state index contributed by atoms with van der Waals surface area (Å²) in [5, 5.41) is 4.33. The molecule has 0 atom stereocenters. The summed E-state index contributed by atoms with van der Waals surface area (Å²) in [5.41, 5.74) is 1.87. The van der Waals surface area contributed by atoms with E-state index in [4.69, 9.17) is 0 Å². The van der Waals surface area contributed by atoms with Crippen LogP contribution in [0.4, 0.5) is 0 Å². The second-order valence-electron chi connectivity index (χ2n) is 3.85. The van der Waals surface area contributed by atoms with Crippen molar-refractivity contribution in [3.63, 3.8) is 0 Å². The van der Waals surface area contributed by atoms with Crippen LogP contribution in [0.5, 0.6) is 0 Å². The van der Waals surface area contributed by atoms with Crippen LogP contribution in [0, 0.1) is 0 Å². The zero-order valence-electron chi connectivity index (χ0n) is 9.66. The first kappa shape index (κ1) is 12.5. The van der Waals surface area contributed by atoms with Crippen molar-refractivity contribution < 1.29 is 0 Å². The third-order valence-corrected chi connectivity index (χ3v) is 3.34. The van der Waals surface area contributed by atoms with E-state index in [1.54, 1.807) is 16.9 Å². The number of para-hydroxylation sites is 1. The van der Waals surface area contributed by atoms with Gasteiger partial charge in [0.2, 0.25) is 0 Å². The molecule has 0 spiro atoms. The number of aromatic nitrogens is 4. The molecule has 94 valence electrons. The lowest BCUT2D eigenvalue weighted by Gasteiger charge is -2.00. The monoisotopic (exact) mass is 378 g/mol. The van der Waals surface area contributed by atoms with Gasteiger partial charge in [0.15, 0.2) is 5.82 Å². The Hall–Kier alpha value is -1.53. The van der Waals surface area contributed by atoms with E-state index in [1.165, 1.54) is 0 Å². The second-order valence-corrected chi connectivity index (χ2v) is 5.47. The Balaban J connectivity index is 2.02. The highest BCUT2D eigenvalue weighted by atomic mass is 79.9. The van der Waals surface area contributed by atoms with Gasteiger partial charge in [0, 0.05) is 12.3 Å². The maximum absolute atomic E-state index is 4.33. The lowest BCUT2D eigenvalue weighted by Crippen LogP contribution is -1.93. The van der Waals surface area contributed by atoms with E-state index in [0.717, 1.165) is 20.5 Å². The van der Waals surface area contributed by atoms with Crippen molar-refractivity contribution >= 4 is 31.9 Å². The highest BCUT2D eigenvalue weighted by molar-refractivity contribution is 9.11. The normalized spacial score (nSPS) is 10.6. The van der Waals surface area contributed by atoms with E-state index in [-0.39, 0.29) is 0 Å². The average Bonchev–Trinajstić information content (AvgIpc) is 2.88. The van der Waals surface area contributed by atoms with E-state index in [2.05, 4.69) is 46.9 Å². The third-order valence-electron chi connectivity index (χ3n) is 2.53. The van der Waals surface area contributed by atoms with E-state index in [0.29, 0.717) is 5.82 Å². The fraction of sp³-hybridized carbons (Fsp3) is 0. The van der Waals surface area contributed by atoms with Crippen molar-refractivity contribution in [3.05, 3.63) is 58.0 Å². The van der Waals surface area contributed by atoms with Crippen LogP contribution in [-0.2, 0) is 0 Å². The van der Waals surface area contributed by atoms with Gasteiger partial charge in [-0.2, -0.15) is 5.10 Å². The van der Waals surface area contributed by atoms with Crippen LogP contribution in [0.25, 0.3) is 17.1 Å². The Morgan fingerprint density at radius 1 is 0.947 bits per heavy atom. The van der Waals surface area contributed by atoms with Crippen molar-refractivity contribution in [2.45, 2.75) is 0 Å². The molecule has 0 aliphatic rings. The van der Waals surface area contributed by atoms with Crippen LogP contribution in [0.3, 0.4) is 0 Å². The predicted molar refractivity (Wildman–Crippen MR) is 80.0 cm³/mol. The highest BCUT2D eigenvalue weighted by Crippen LogP contribution is 2.21. The fourth-order valence-corrected chi connectivity index (χ4v) is 2.76. The molecule has 6 heteroatoms. The number of halogens is 2. The summed E-state index contributed by atoms with van der Waals surface area (Å²) >= 11 is 6.71. The van der Waals surface area contributed by atoms with E-state index >= 15 is 0 Å². The molecule has 3 aromatic rings. The molecule has 0 N–H and O–H groups in total. The summed E-state index contributed by atoms with van der Waals surface area (Å²) in [5.74, 6) is 0.628. The minimum Gasteiger partial charge on any atom is -0.240 e. The summed E-state index contributed by atoms with van der Waals surface area (Å²) in [4.78, 5) is 8.67. The van der Waals surface area contributed by atoms with Gasteiger partial charge in [0.05, 0.1) is 17.4 Å². The minimum atomic E-state index is 0.628. The number of nitrogens with zero attached hydrogens (tertiary/aromatic N) is 4. The van der Waals surface area contributed by atoms with Gasteiger partial charge < -0.3 is 0 Å². The molecule has 4 nitrogen and oxygen atoms in total. The molecule has 0 fully saturated rings. The zero-order chi connectivity index (χ0) is 13.2. The Morgan fingerprint density at radius 2 is 1.63 bits per heavy atom. The Kier molecular flexibility index (Phi) is 3.44. The smallest absolute Gasteiger partial charge is 0.164 e. The van der Waals surface area contributed by atoms with Crippen LogP contribution < -0.4 is 0 Å². The summed E-state index contributed by atoms with van der Waals surface area (Å²) in [6.45, 7) is 0. The summed E-state index contributed by atoms with van der Waals surface area (Å²) in [6, 6.07) is 11.7. The molecule has 3 rings (SSSR count). The Morgan fingerprint density at radius 3 is 2.32 bits per heavy atom. The largest absolute Gasteiger partial charge is 0.240 e. The van der Waals surface area contributed by atoms with Gasteiger partial charge in [-0.3, -0.25) is 0 Å². The molecule has 0 saturated heterocycles. The van der Waals surface area contributed by atoms with E-state index in [9.17, 15) is 0 Å². The van der Waals surface area contributed by atoms with Gasteiger partial charge in [-0.1, -0.05) is 18.2 Å². The van der Waals surface area contributed by atoms with Gasteiger partial charge in [0.25, 0.3) is 0 Å². The van der Waals surface area contributed by atoms with E-state index in [1.807, 2.05) is 36.5 Å². The SMILES string of the molecule is Brc1cc(Br)nc(-c2cnn(-c3ccccc3)c2)n1. The number of rotatable bonds is 2. The molecule has 0 aliphatic carbocycles. The lowest BCUT2D eigenvalue weighted by molar-refractivity contribution is 0.880. The average molecular weight is 380 g/mol. The van der Waals surface area contributed by atoms with Crippen molar-refractivity contribution in [1.29, 1.82) is 0 Å². The lowest BCUT2D eigenvalue weighted by atomic mass is 10.3. The van der Waals surface area contributed by atoms with Crippen molar-refractivity contribution in [2.75, 3.05) is 0 Å². The van der Waals surface area contributed by atoms with Crippen molar-refractivity contribution in [1.82, 2.24) is 19.7 Å².